The highest BCUT2D eigenvalue weighted by Gasteiger charge is 2.08. The number of carboxylic acid groups (broad SMARTS) is 1. The molecule has 7 heteroatoms. The standard InChI is InChI=1S/C12H9F2N3O2/c13-7-1-2-8(9(14)5-7)10-3-4-11(17-16-10)15-6-12(18)19/h1-5H,6H2,(H,15,17)(H,18,19). The van der Waals surface area contributed by atoms with E-state index in [-0.39, 0.29) is 23.6 Å². The lowest BCUT2D eigenvalue weighted by Gasteiger charge is -2.04. The summed E-state index contributed by atoms with van der Waals surface area (Å²) in [6.45, 7) is -0.293. The molecule has 2 N–H and O–H groups in total. The summed E-state index contributed by atoms with van der Waals surface area (Å²) in [7, 11) is 0. The zero-order valence-electron chi connectivity index (χ0n) is 9.60. The van der Waals surface area contributed by atoms with E-state index in [2.05, 4.69) is 15.5 Å². The summed E-state index contributed by atoms with van der Waals surface area (Å²) in [4.78, 5) is 10.3. The van der Waals surface area contributed by atoms with E-state index in [1.807, 2.05) is 0 Å². The van der Waals surface area contributed by atoms with Gasteiger partial charge in [-0.2, -0.15) is 0 Å². The fourth-order valence-electron chi connectivity index (χ4n) is 1.43. The average molecular weight is 265 g/mol. The molecule has 5 nitrogen and oxygen atoms in total. The van der Waals surface area contributed by atoms with Crippen molar-refractivity contribution < 1.29 is 18.7 Å². The number of aliphatic carboxylic acids is 1. The van der Waals surface area contributed by atoms with Gasteiger partial charge >= 0.3 is 5.97 Å². The Hall–Kier alpha value is -2.57. The van der Waals surface area contributed by atoms with E-state index in [0.29, 0.717) is 0 Å². The molecule has 0 amide bonds. The Bertz CT molecular complexity index is 602. The molecule has 19 heavy (non-hydrogen) atoms. The van der Waals surface area contributed by atoms with E-state index in [1.165, 1.54) is 18.2 Å². The van der Waals surface area contributed by atoms with E-state index < -0.39 is 17.6 Å². The van der Waals surface area contributed by atoms with Crippen LogP contribution in [-0.2, 0) is 4.79 Å². The molecular weight excluding hydrogens is 256 g/mol. The van der Waals surface area contributed by atoms with Gasteiger partial charge in [-0.05, 0) is 24.3 Å². The fraction of sp³-hybridized carbons (Fsp3) is 0.0833. The molecule has 0 spiro atoms. The smallest absolute Gasteiger partial charge is 0.322 e. The van der Waals surface area contributed by atoms with Gasteiger partial charge in [0.1, 0.15) is 24.0 Å². The third-order valence-electron chi connectivity index (χ3n) is 2.29. The highest BCUT2D eigenvalue weighted by atomic mass is 19.1. The molecular formula is C12H9F2N3O2. The number of rotatable bonds is 4. The number of nitrogens with one attached hydrogen (secondary N) is 1. The summed E-state index contributed by atoms with van der Waals surface area (Å²) < 4.78 is 26.3. The lowest BCUT2D eigenvalue weighted by Crippen LogP contribution is -2.13. The molecule has 0 unspecified atom stereocenters. The zero-order valence-corrected chi connectivity index (χ0v) is 9.60. The second-order valence-corrected chi connectivity index (χ2v) is 3.68. The molecule has 0 atom stereocenters. The molecule has 0 aliphatic carbocycles. The zero-order chi connectivity index (χ0) is 13.8. The highest BCUT2D eigenvalue weighted by molar-refractivity contribution is 5.72. The molecule has 0 aliphatic rings. The van der Waals surface area contributed by atoms with Crippen LogP contribution < -0.4 is 5.32 Å². The van der Waals surface area contributed by atoms with Crippen molar-refractivity contribution in [3.63, 3.8) is 0 Å². The summed E-state index contributed by atoms with van der Waals surface area (Å²) in [6.07, 6.45) is 0. The second-order valence-electron chi connectivity index (χ2n) is 3.68. The fourth-order valence-corrected chi connectivity index (χ4v) is 1.43. The van der Waals surface area contributed by atoms with Crippen molar-refractivity contribution >= 4 is 11.8 Å². The van der Waals surface area contributed by atoms with Crippen molar-refractivity contribution in [1.82, 2.24) is 10.2 Å². The lowest BCUT2D eigenvalue weighted by atomic mass is 10.1. The van der Waals surface area contributed by atoms with Crippen LogP contribution in [0.15, 0.2) is 30.3 Å². The van der Waals surface area contributed by atoms with Crippen molar-refractivity contribution in [2.24, 2.45) is 0 Å². The maximum absolute atomic E-state index is 13.5. The summed E-state index contributed by atoms with van der Waals surface area (Å²) in [5, 5.41) is 18.4. The number of benzene rings is 1. The first kappa shape index (κ1) is 12.9. The molecule has 0 aliphatic heterocycles. The molecule has 0 radical (unpaired) electrons. The van der Waals surface area contributed by atoms with Crippen molar-refractivity contribution in [3.05, 3.63) is 42.0 Å². The van der Waals surface area contributed by atoms with Gasteiger partial charge in [0, 0.05) is 11.6 Å². The Morgan fingerprint density at radius 2 is 2.00 bits per heavy atom. The van der Waals surface area contributed by atoms with E-state index in [1.54, 1.807) is 0 Å². The molecule has 0 bridgehead atoms. The topological polar surface area (TPSA) is 75.1 Å². The van der Waals surface area contributed by atoms with Gasteiger partial charge in [0.15, 0.2) is 0 Å². The summed E-state index contributed by atoms with van der Waals surface area (Å²) >= 11 is 0. The van der Waals surface area contributed by atoms with Gasteiger partial charge in [-0.25, -0.2) is 8.78 Å². The number of hydrogen-bond acceptors (Lipinski definition) is 4. The van der Waals surface area contributed by atoms with Crippen LogP contribution in [-0.4, -0.2) is 27.8 Å². The number of carboxylic acids is 1. The van der Waals surface area contributed by atoms with Crippen LogP contribution in [0.5, 0.6) is 0 Å². The normalized spacial score (nSPS) is 10.2. The Balaban J connectivity index is 2.20. The number of anilines is 1. The highest BCUT2D eigenvalue weighted by Crippen LogP contribution is 2.21. The van der Waals surface area contributed by atoms with Crippen LogP contribution >= 0.6 is 0 Å². The number of hydrogen-bond donors (Lipinski definition) is 2. The number of halogens is 2. The maximum Gasteiger partial charge on any atom is 0.322 e. The molecule has 2 aromatic rings. The second kappa shape index (κ2) is 5.38. The minimum absolute atomic E-state index is 0.124. The van der Waals surface area contributed by atoms with Crippen LogP contribution in [0.1, 0.15) is 0 Å². The summed E-state index contributed by atoms with van der Waals surface area (Å²) in [6, 6.07) is 6.07. The number of nitrogens with zero attached hydrogens (tertiary/aromatic N) is 2. The molecule has 1 aromatic heterocycles. The number of carbonyl (C=O) groups is 1. The van der Waals surface area contributed by atoms with Crippen molar-refractivity contribution in [2.45, 2.75) is 0 Å². The monoisotopic (exact) mass is 265 g/mol. The van der Waals surface area contributed by atoms with Gasteiger partial charge in [-0.15, -0.1) is 10.2 Å². The lowest BCUT2D eigenvalue weighted by molar-refractivity contribution is -0.134. The van der Waals surface area contributed by atoms with E-state index in [9.17, 15) is 13.6 Å². The maximum atomic E-state index is 13.5. The Kier molecular flexibility index (Phi) is 3.65. The molecule has 0 fully saturated rings. The predicted molar refractivity (Wildman–Crippen MR) is 63.5 cm³/mol. The third kappa shape index (κ3) is 3.21. The van der Waals surface area contributed by atoms with Crippen LogP contribution in [0, 0.1) is 11.6 Å². The van der Waals surface area contributed by atoms with Crippen molar-refractivity contribution in [2.75, 3.05) is 11.9 Å². The molecule has 1 aromatic carbocycles. The van der Waals surface area contributed by atoms with E-state index in [4.69, 9.17) is 5.11 Å². The Morgan fingerprint density at radius 1 is 1.21 bits per heavy atom. The average Bonchev–Trinajstić information content (AvgIpc) is 2.37. The first-order chi connectivity index (χ1) is 9.06. The van der Waals surface area contributed by atoms with Gasteiger partial charge < -0.3 is 10.4 Å². The molecule has 98 valence electrons. The van der Waals surface area contributed by atoms with Gasteiger partial charge in [0.25, 0.3) is 0 Å². The van der Waals surface area contributed by atoms with E-state index >= 15 is 0 Å². The van der Waals surface area contributed by atoms with Gasteiger partial charge in [-0.3, -0.25) is 4.79 Å². The van der Waals surface area contributed by atoms with Gasteiger partial charge in [-0.1, -0.05) is 0 Å². The molecule has 0 saturated heterocycles. The van der Waals surface area contributed by atoms with Crippen LogP contribution in [0.25, 0.3) is 11.3 Å². The predicted octanol–water partition coefficient (Wildman–Crippen LogP) is 1.92. The van der Waals surface area contributed by atoms with Crippen molar-refractivity contribution in [1.29, 1.82) is 0 Å². The third-order valence-corrected chi connectivity index (χ3v) is 2.29. The van der Waals surface area contributed by atoms with Gasteiger partial charge in [0.05, 0.1) is 5.69 Å². The van der Waals surface area contributed by atoms with Gasteiger partial charge in [0.2, 0.25) is 0 Å². The molecule has 1 heterocycles. The minimum atomic E-state index is -1.03. The van der Waals surface area contributed by atoms with Crippen LogP contribution in [0.2, 0.25) is 0 Å². The molecule has 2 rings (SSSR count). The minimum Gasteiger partial charge on any atom is -0.480 e. The summed E-state index contributed by atoms with van der Waals surface area (Å²) in [5.74, 6) is -2.18. The number of aromatic nitrogens is 2. The van der Waals surface area contributed by atoms with Crippen molar-refractivity contribution in [3.8, 4) is 11.3 Å². The SMILES string of the molecule is O=C(O)CNc1ccc(-c2ccc(F)cc2F)nn1. The first-order valence-corrected chi connectivity index (χ1v) is 5.31. The Morgan fingerprint density at radius 3 is 2.58 bits per heavy atom. The van der Waals surface area contributed by atoms with Crippen LogP contribution in [0.3, 0.4) is 0 Å². The van der Waals surface area contributed by atoms with Crippen LogP contribution in [0.4, 0.5) is 14.6 Å². The largest absolute Gasteiger partial charge is 0.480 e. The van der Waals surface area contributed by atoms with E-state index in [0.717, 1.165) is 12.1 Å². The Labute approximate surface area is 106 Å². The first-order valence-electron chi connectivity index (χ1n) is 5.31. The molecule has 0 saturated carbocycles. The summed E-state index contributed by atoms with van der Waals surface area (Å²) in [5.41, 5.74) is 0.358. The quantitative estimate of drug-likeness (QED) is 0.883.